The van der Waals surface area contributed by atoms with Gasteiger partial charge in [0.1, 0.15) is 12.4 Å². The molecular weight excluding hydrogens is 496 g/mol. The van der Waals surface area contributed by atoms with Gasteiger partial charge < -0.3 is 14.5 Å². The Balaban J connectivity index is 0.945. The quantitative estimate of drug-likeness (QED) is 0.582. The molecule has 2 saturated heterocycles. The SMILES string of the molecule is Cn1ncc(OC2CC3(C2)CN(C(=O)N2CC4(CC(n5cnc(C(F)(F)F)n5)C4)C2)C3)c1C(F)(F)F. The predicted molar refractivity (Wildman–Crippen MR) is 109 cm³/mol. The number of carbonyl (C=O) groups is 1. The molecule has 9 nitrogen and oxygen atoms in total. The molecule has 2 aromatic heterocycles. The van der Waals surface area contributed by atoms with Crippen molar-refractivity contribution in [3.63, 3.8) is 0 Å². The summed E-state index contributed by atoms with van der Waals surface area (Å²) in [7, 11) is 1.22. The van der Waals surface area contributed by atoms with E-state index in [0.29, 0.717) is 51.9 Å². The lowest BCUT2D eigenvalue weighted by Gasteiger charge is -2.63. The molecule has 4 aliphatic rings. The van der Waals surface area contributed by atoms with Crippen LogP contribution in [0.1, 0.15) is 43.2 Å². The van der Waals surface area contributed by atoms with Crippen molar-refractivity contribution >= 4 is 6.03 Å². The van der Waals surface area contributed by atoms with Crippen molar-refractivity contribution in [2.24, 2.45) is 17.9 Å². The Labute approximate surface area is 201 Å². The average molecular weight is 519 g/mol. The van der Waals surface area contributed by atoms with E-state index < -0.39 is 23.9 Å². The van der Waals surface area contributed by atoms with Crippen molar-refractivity contribution in [3.05, 3.63) is 24.0 Å². The number of aromatic nitrogens is 5. The average Bonchev–Trinajstić information content (AvgIpc) is 3.26. The van der Waals surface area contributed by atoms with Crippen LogP contribution in [0.2, 0.25) is 0 Å². The van der Waals surface area contributed by atoms with Gasteiger partial charge in [-0.05, 0) is 25.7 Å². The molecule has 2 saturated carbocycles. The zero-order chi connectivity index (χ0) is 25.7. The Hall–Kier alpha value is -3.00. The maximum Gasteiger partial charge on any atom is 0.453 e. The van der Waals surface area contributed by atoms with Gasteiger partial charge in [0.05, 0.1) is 12.2 Å². The van der Waals surface area contributed by atoms with E-state index in [1.807, 2.05) is 0 Å². The second-order valence-electron chi connectivity index (χ2n) is 10.7. The molecule has 2 aliphatic carbocycles. The van der Waals surface area contributed by atoms with Crippen molar-refractivity contribution in [3.8, 4) is 5.75 Å². The van der Waals surface area contributed by atoms with E-state index in [2.05, 4.69) is 15.2 Å². The Morgan fingerprint density at radius 2 is 1.56 bits per heavy atom. The molecule has 2 aromatic rings. The van der Waals surface area contributed by atoms with E-state index in [0.717, 1.165) is 17.2 Å². The van der Waals surface area contributed by atoms with Gasteiger partial charge in [-0.15, -0.1) is 5.10 Å². The maximum atomic E-state index is 13.2. The number of ether oxygens (including phenoxy) is 1. The first-order valence-corrected chi connectivity index (χ1v) is 11.5. The lowest BCUT2D eigenvalue weighted by Crippen LogP contribution is -2.71. The van der Waals surface area contributed by atoms with Crippen LogP contribution in [-0.2, 0) is 19.4 Å². The minimum absolute atomic E-state index is 0.0780. The number of halogens is 6. The van der Waals surface area contributed by atoms with E-state index in [1.54, 1.807) is 9.80 Å². The zero-order valence-corrected chi connectivity index (χ0v) is 19.2. The van der Waals surface area contributed by atoms with Crippen LogP contribution >= 0.6 is 0 Å². The van der Waals surface area contributed by atoms with Gasteiger partial charge in [-0.1, -0.05) is 0 Å². The lowest BCUT2D eigenvalue weighted by molar-refractivity contribution is -0.148. The van der Waals surface area contributed by atoms with E-state index in [-0.39, 0.29) is 34.8 Å². The Morgan fingerprint density at radius 1 is 0.972 bits per heavy atom. The molecule has 196 valence electrons. The largest absolute Gasteiger partial charge is 0.486 e. The normalized spacial score (nSPS) is 23.3. The molecule has 4 fully saturated rings. The molecule has 0 bridgehead atoms. The van der Waals surface area contributed by atoms with Crippen LogP contribution in [0, 0.1) is 10.8 Å². The van der Waals surface area contributed by atoms with Crippen LogP contribution in [0.3, 0.4) is 0 Å². The molecule has 36 heavy (non-hydrogen) atoms. The number of likely N-dealkylation sites (tertiary alicyclic amines) is 2. The summed E-state index contributed by atoms with van der Waals surface area (Å²) in [5, 5.41) is 7.19. The monoisotopic (exact) mass is 519 g/mol. The third kappa shape index (κ3) is 3.69. The molecule has 2 spiro atoms. The predicted octanol–water partition coefficient (Wildman–Crippen LogP) is 3.35. The highest BCUT2D eigenvalue weighted by atomic mass is 19.4. The topological polar surface area (TPSA) is 81.3 Å². The van der Waals surface area contributed by atoms with Crippen molar-refractivity contribution < 1.29 is 35.9 Å². The smallest absolute Gasteiger partial charge is 0.453 e. The number of urea groups is 1. The molecule has 0 unspecified atom stereocenters. The van der Waals surface area contributed by atoms with Crippen molar-refractivity contribution in [1.82, 2.24) is 34.3 Å². The number of rotatable bonds is 3. The number of nitrogens with zero attached hydrogens (tertiary/aromatic N) is 7. The summed E-state index contributed by atoms with van der Waals surface area (Å²) in [4.78, 5) is 19.6. The molecule has 15 heteroatoms. The second kappa shape index (κ2) is 7.28. The van der Waals surface area contributed by atoms with Gasteiger partial charge in [0.15, 0.2) is 11.4 Å². The standard InChI is InChI=1S/C21H23F6N7O2/c1-31-15(20(22,23)24)14(6-29-31)36-13-4-19(5-13)9-33(10-19)17(35)32-7-18(8-32)2-12(3-18)34-11-28-16(30-34)21(25,26)27/h6,11-13H,2-5,7-10H2,1H3. The maximum absolute atomic E-state index is 13.2. The molecule has 0 aromatic carbocycles. The van der Waals surface area contributed by atoms with Gasteiger partial charge in [-0.25, -0.2) is 14.5 Å². The number of hydrogen-bond acceptors (Lipinski definition) is 5. The Morgan fingerprint density at radius 3 is 2.08 bits per heavy atom. The van der Waals surface area contributed by atoms with E-state index in [4.69, 9.17) is 4.74 Å². The Kier molecular flexibility index (Phi) is 4.73. The second-order valence-corrected chi connectivity index (χ2v) is 10.7. The zero-order valence-electron chi connectivity index (χ0n) is 19.2. The number of aryl methyl sites for hydroxylation is 1. The molecule has 0 N–H and O–H groups in total. The van der Waals surface area contributed by atoms with Crippen LogP contribution in [-0.4, -0.2) is 72.7 Å². The van der Waals surface area contributed by atoms with Crippen molar-refractivity contribution in [1.29, 1.82) is 0 Å². The number of alkyl halides is 6. The van der Waals surface area contributed by atoms with Gasteiger partial charge in [0.2, 0.25) is 0 Å². The van der Waals surface area contributed by atoms with Gasteiger partial charge in [0, 0.05) is 44.1 Å². The van der Waals surface area contributed by atoms with Crippen LogP contribution in [0.4, 0.5) is 31.1 Å². The third-order valence-corrected chi connectivity index (χ3v) is 7.91. The molecule has 4 heterocycles. The fourth-order valence-electron chi connectivity index (χ4n) is 6.22. The molecular formula is C21H23F6N7O2. The highest BCUT2D eigenvalue weighted by molar-refractivity contribution is 5.77. The highest BCUT2D eigenvalue weighted by Crippen LogP contribution is 2.55. The first-order valence-electron chi connectivity index (χ1n) is 11.5. The first-order chi connectivity index (χ1) is 16.8. The lowest BCUT2D eigenvalue weighted by atomic mass is 9.60. The van der Waals surface area contributed by atoms with E-state index in [1.165, 1.54) is 11.7 Å². The third-order valence-electron chi connectivity index (χ3n) is 7.91. The van der Waals surface area contributed by atoms with Gasteiger partial charge in [-0.2, -0.15) is 31.4 Å². The summed E-state index contributed by atoms with van der Waals surface area (Å²) in [5.74, 6) is -1.42. The molecule has 0 atom stereocenters. The highest BCUT2D eigenvalue weighted by Gasteiger charge is 2.59. The first kappa shape index (κ1) is 23.4. The van der Waals surface area contributed by atoms with Gasteiger partial charge in [0.25, 0.3) is 5.82 Å². The van der Waals surface area contributed by atoms with Crippen LogP contribution < -0.4 is 4.74 Å². The molecule has 6 rings (SSSR count). The summed E-state index contributed by atoms with van der Waals surface area (Å²) < 4.78 is 85.3. The van der Waals surface area contributed by atoms with Crippen molar-refractivity contribution in [2.45, 2.75) is 50.2 Å². The summed E-state index contributed by atoms with van der Waals surface area (Å²) in [6.45, 7) is 2.19. The Bertz CT molecular complexity index is 1180. The van der Waals surface area contributed by atoms with Gasteiger partial charge in [-0.3, -0.25) is 4.68 Å². The molecule has 2 aliphatic heterocycles. The van der Waals surface area contributed by atoms with Crippen LogP contribution in [0.25, 0.3) is 0 Å². The summed E-state index contributed by atoms with van der Waals surface area (Å²) in [5.41, 5.74) is -1.11. The van der Waals surface area contributed by atoms with Crippen molar-refractivity contribution in [2.75, 3.05) is 26.2 Å². The minimum atomic E-state index is -4.57. The fraction of sp³-hybridized carbons (Fsp3) is 0.714. The molecule has 0 radical (unpaired) electrons. The van der Waals surface area contributed by atoms with E-state index in [9.17, 15) is 31.1 Å². The minimum Gasteiger partial charge on any atom is -0.486 e. The number of carbonyl (C=O) groups excluding carboxylic acids is 1. The number of hydrogen-bond donors (Lipinski definition) is 0. The van der Waals surface area contributed by atoms with Crippen LogP contribution in [0.15, 0.2) is 12.5 Å². The fourth-order valence-corrected chi connectivity index (χ4v) is 6.22. The van der Waals surface area contributed by atoms with E-state index >= 15 is 0 Å². The van der Waals surface area contributed by atoms with Crippen LogP contribution in [0.5, 0.6) is 5.75 Å². The molecule has 2 amide bonds. The number of amides is 2. The van der Waals surface area contributed by atoms with Gasteiger partial charge >= 0.3 is 18.4 Å². The summed E-state index contributed by atoms with van der Waals surface area (Å²) >= 11 is 0. The summed E-state index contributed by atoms with van der Waals surface area (Å²) in [6, 6.07) is -0.228. The summed E-state index contributed by atoms with van der Waals surface area (Å²) in [6.07, 6.45) is -4.84.